The summed E-state index contributed by atoms with van der Waals surface area (Å²) >= 11 is 3.51. The number of aryl methyl sites for hydroxylation is 1. The molecule has 0 aliphatic carbocycles. The second-order valence-corrected chi connectivity index (χ2v) is 7.57. The first-order valence-corrected chi connectivity index (χ1v) is 9.52. The molecule has 0 radical (unpaired) electrons. The van der Waals surface area contributed by atoms with Crippen LogP contribution in [0, 0.1) is 6.92 Å². The summed E-state index contributed by atoms with van der Waals surface area (Å²) < 4.78 is 8.87. The van der Waals surface area contributed by atoms with Gasteiger partial charge in [0.15, 0.2) is 6.23 Å². The molecule has 4 rings (SSSR count). The van der Waals surface area contributed by atoms with Crippen LogP contribution in [0.3, 0.4) is 0 Å². The third-order valence-electron chi connectivity index (χ3n) is 4.54. The number of rotatable bonds is 5. The van der Waals surface area contributed by atoms with Crippen LogP contribution in [0.15, 0.2) is 59.2 Å². The Kier molecular flexibility index (Phi) is 5.15. The summed E-state index contributed by atoms with van der Waals surface area (Å²) in [7, 11) is 0. The molecule has 0 spiro atoms. The number of nitrogens with zero attached hydrogens (tertiary/aromatic N) is 4. The van der Waals surface area contributed by atoms with Gasteiger partial charge < -0.3 is 4.74 Å². The molecule has 1 saturated heterocycles. The van der Waals surface area contributed by atoms with Crippen LogP contribution < -0.4 is 0 Å². The first kappa shape index (κ1) is 17.4. The highest BCUT2D eigenvalue weighted by molar-refractivity contribution is 9.10. The molecule has 0 N–H and O–H groups in total. The summed E-state index contributed by atoms with van der Waals surface area (Å²) in [6.07, 6.45) is 1.85. The monoisotopic (exact) mass is 412 g/mol. The highest BCUT2D eigenvalue weighted by Crippen LogP contribution is 2.27. The Balaban J connectivity index is 1.46. The molecule has 1 atom stereocenters. The molecule has 5 nitrogen and oxygen atoms in total. The van der Waals surface area contributed by atoms with Crippen LogP contribution in [-0.2, 0) is 17.8 Å². The zero-order valence-electron chi connectivity index (χ0n) is 14.7. The normalized spacial score (nSPS) is 17.7. The molecule has 1 aliphatic rings. The summed E-state index contributed by atoms with van der Waals surface area (Å²) in [4.78, 5) is 2.30. The molecule has 1 aromatic heterocycles. The van der Waals surface area contributed by atoms with Gasteiger partial charge in [0.05, 0.1) is 19.3 Å². The van der Waals surface area contributed by atoms with E-state index < -0.39 is 0 Å². The molecule has 1 fully saturated rings. The number of aromatic nitrogens is 3. The van der Waals surface area contributed by atoms with E-state index in [-0.39, 0.29) is 6.23 Å². The van der Waals surface area contributed by atoms with Crippen molar-refractivity contribution in [2.45, 2.75) is 26.2 Å². The molecule has 0 saturated carbocycles. The fourth-order valence-electron chi connectivity index (χ4n) is 3.19. The van der Waals surface area contributed by atoms with Crippen molar-refractivity contribution in [2.24, 2.45) is 0 Å². The summed E-state index contributed by atoms with van der Waals surface area (Å²) in [5.41, 5.74) is 4.61. The minimum atomic E-state index is -0.132. The third-order valence-corrected chi connectivity index (χ3v) is 5.03. The van der Waals surface area contributed by atoms with Gasteiger partial charge in [0.25, 0.3) is 0 Å². The van der Waals surface area contributed by atoms with E-state index in [1.165, 1.54) is 16.7 Å². The van der Waals surface area contributed by atoms with E-state index in [9.17, 15) is 0 Å². The Morgan fingerprint density at radius 1 is 1.12 bits per heavy atom. The van der Waals surface area contributed by atoms with E-state index in [2.05, 4.69) is 74.5 Å². The van der Waals surface area contributed by atoms with E-state index in [0.29, 0.717) is 6.54 Å². The van der Waals surface area contributed by atoms with Crippen LogP contribution in [0.4, 0.5) is 0 Å². The van der Waals surface area contributed by atoms with Gasteiger partial charge in [-0.15, -0.1) is 5.10 Å². The highest BCUT2D eigenvalue weighted by Gasteiger charge is 2.29. The smallest absolute Gasteiger partial charge is 0.157 e. The minimum absolute atomic E-state index is 0.132. The van der Waals surface area contributed by atoms with Crippen LogP contribution in [0.1, 0.15) is 28.6 Å². The Bertz CT molecular complexity index is 878. The molecule has 6 heteroatoms. The quantitative estimate of drug-likeness (QED) is 0.636. The third kappa shape index (κ3) is 4.03. The van der Waals surface area contributed by atoms with Gasteiger partial charge >= 0.3 is 0 Å². The predicted molar refractivity (Wildman–Crippen MR) is 104 cm³/mol. The van der Waals surface area contributed by atoms with Crippen molar-refractivity contribution in [3.8, 4) is 0 Å². The van der Waals surface area contributed by atoms with E-state index in [1.54, 1.807) is 0 Å². The van der Waals surface area contributed by atoms with Gasteiger partial charge in [-0.1, -0.05) is 63.1 Å². The average molecular weight is 413 g/mol. The lowest BCUT2D eigenvalue weighted by Crippen LogP contribution is -2.23. The molecule has 0 bridgehead atoms. The molecule has 26 heavy (non-hydrogen) atoms. The van der Waals surface area contributed by atoms with Crippen molar-refractivity contribution in [3.63, 3.8) is 0 Å². The van der Waals surface area contributed by atoms with E-state index in [0.717, 1.165) is 29.9 Å². The van der Waals surface area contributed by atoms with Gasteiger partial charge in [0.1, 0.15) is 5.69 Å². The van der Waals surface area contributed by atoms with E-state index in [1.807, 2.05) is 23.0 Å². The maximum absolute atomic E-state index is 5.93. The number of hydrogen-bond acceptors (Lipinski definition) is 4. The molecular weight excluding hydrogens is 392 g/mol. The molecule has 0 amide bonds. The lowest BCUT2D eigenvalue weighted by molar-refractivity contribution is 0.0252. The summed E-state index contributed by atoms with van der Waals surface area (Å²) in [6, 6.07) is 16.9. The number of halogens is 1. The lowest BCUT2D eigenvalue weighted by atomic mass is 10.1. The Labute approximate surface area is 161 Å². The van der Waals surface area contributed by atoms with Crippen molar-refractivity contribution in [3.05, 3.63) is 81.6 Å². The van der Waals surface area contributed by atoms with Gasteiger partial charge in [-0.2, -0.15) is 0 Å². The largest absolute Gasteiger partial charge is 0.356 e. The SMILES string of the molecule is Cc1ccc(CN2CCOC2c2cn(Cc3cccc(Br)c3)nn2)cc1. The second kappa shape index (κ2) is 7.70. The fraction of sp³-hybridized carbons (Fsp3) is 0.300. The second-order valence-electron chi connectivity index (χ2n) is 6.65. The van der Waals surface area contributed by atoms with Crippen molar-refractivity contribution in [2.75, 3.05) is 13.2 Å². The van der Waals surface area contributed by atoms with Gasteiger partial charge in [0.2, 0.25) is 0 Å². The summed E-state index contributed by atoms with van der Waals surface area (Å²) in [5, 5.41) is 8.64. The van der Waals surface area contributed by atoms with Crippen LogP contribution in [0.5, 0.6) is 0 Å². The molecule has 3 aromatic rings. The maximum atomic E-state index is 5.93. The zero-order chi connectivity index (χ0) is 17.9. The van der Waals surface area contributed by atoms with Crippen LogP contribution in [0.2, 0.25) is 0 Å². The Morgan fingerprint density at radius 2 is 1.96 bits per heavy atom. The van der Waals surface area contributed by atoms with Crippen molar-refractivity contribution in [1.82, 2.24) is 19.9 Å². The first-order chi connectivity index (χ1) is 12.7. The number of ether oxygens (including phenoxy) is 1. The number of hydrogen-bond donors (Lipinski definition) is 0. The molecule has 2 heterocycles. The highest BCUT2D eigenvalue weighted by atomic mass is 79.9. The maximum Gasteiger partial charge on any atom is 0.157 e. The molecule has 134 valence electrons. The summed E-state index contributed by atoms with van der Waals surface area (Å²) in [6.45, 7) is 5.27. The molecule has 1 aliphatic heterocycles. The minimum Gasteiger partial charge on any atom is -0.356 e. The molecular formula is C20H21BrN4O. The van der Waals surface area contributed by atoms with Crippen molar-refractivity contribution >= 4 is 15.9 Å². The van der Waals surface area contributed by atoms with Gasteiger partial charge in [0, 0.05) is 17.6 Å². The first-order valence-electron chi connectivity index (χ1n) is 8.73. The van der Waals surface area contributed by atoms with Crippen LogP contribution in [-0.4, -0.2) is 33.0 Å². The van der Waals surface area contributed by atoms with Crippen molar-refractivity contribution in [1.29, 1.82) is 0 Å². The zero-order valence-corrected chi connectivity index (χ0v) is 16.3. The lowest BCUT2D eigenvalue weighted by Gasteiger charge is -2.21. The Hall–Kier alpha value is -2.02. The summed E-state index contributed by atoms with van der Waals surface area (Å²) in [5.74, 6) is 0. The predicted octanol–water partition coefficient (Wildman–Crippen LogP) is 3.93. The molecule has 1 unspecified atom stereocenters. The average Bonchev–Trinajstić information content (AvgIpc) is 3.26. The standard InChI is InChI=1S/C20H21BrN4O/c1-15-5-7-16(8-6-15)12-24-9-10-26-20(24)19-14-25(23-22-19)13-17-3-2-4-18(21)11-17/h2-8,11,14,20H,9-10,12-13H2,1H3. The van der Waals surface area contributed by atoms with Gasteiger partial charge in [-0.25, -0.2) is 4.68 Å². The van der Waals surface area contributed by atoms with Crippen LogP contribution >= 0.6 is 15.9 Å². The van der Waals surface area contributed by atoms with E-state index >= 15 is 0 Å². The van der Waals surface area contributed by atoms with Gasteiger partial charge in [-0.05, 0) is 30.2 Å². The fourth-order valence-corrected chi connectivity index (χ4v) is 3.64. The van der Waals surface area contributed by atoms with Gasteiger partial charge in [-0.3, -0.25) is 4.90 Å². The van der Waals surface area contributed by atoms with Crippen LogP contribution in [0.25, 0.3) is 0 Å². The number of benzene rings is 2. The van der Waals surface area contributed by atoms with Crippen molar-refractivity contribution < 1.29 is 4.74 Å². The Morgan fingerprint density at radius 3 is 2.77 bits per heavy atom. The topological polar surface area (TPSA) is 43.2 Å². The molecule has 2 aromatic carbocycles. The van der Waals surface area contributed by atoms with E-state index in [4.69, 9.17) is 4.74 Å².